The first-order valence-corrected chi connectivity index (χ1v) is 6.96. The Balaban J connectivity index is 2.19. The summed E-state index contributed by atoms with van der Waals surface area (Å²) in [4.78, 5) is 0.798. The second kappa shape index (κ2) is 5.71. The summed E-state index contributed by atoms with van der Waals surface area (Å²) in [5, 5.41) is 0. The standard InChI is InChI=1S/C13H10BrF2NS/c14-8-4-5-12(17)13(6-8)18-7-9-10(15)2-1-3-11(9)16/h1-6H,7,17H2. The van der Waals surface area contributed by atoms with Gasteiger partial charge in [-0.3, -0.25) is 0 Å². The maximum Gasteiger partial charge on any atom is 0.130 e. The quantitative estimate of drug-likeness (QED) is 0.657. The average molecular weight is 330 g/mol. The van der Waals surface area contributed by atoms with Crippen molar-refractivity contribution in [2.45, 2.75) is 10.6 Å². The molecule has 2 aromatic carbocycles. The fraction of sp³-hybridized carbons (Fsp3) is 0.0769. The Bertz CT molecular complexity index is 555. The summed E-state index contributed by atoms with van der Waals surface area (Å²) in [7, 11) is 0. The van der Waals surface area contributed by atoms with Crippen molar-refractivity contribution >= 4 is 33.4 Å². The summed E-state index contributed by atoms with van der Waals surface area (Å²) in [6, 6.07) is 9.27. The third kappa shape index (κ3) is 3.03. The summed E-state index contributed by atoms with van der Waals surface area (Å²) < 4.78 is 27.8. The number of halogens is 3. The van der Waals surface area contributed by atoms with Crippen LogP contribution in [0.5, 0.6) is 0 Å². The van der Waals surface area contributed by atoms with Crippen molar-refractivity contribution in [2.24, 2.45) is 0 Å². The van der Waals surface area contributed by atoms with Gasteiger partial charge in [0.1, 0.15) is 11.6 Å². The third-order valence-electron chi connectivity index (χ3n) is 2.41. The molecule has 0 aromatic heterocycles. The molecule has 0 aliphatic carbocycles. The van der Waals surface area contributed by atoms with Gasteiger partial charge in [-0.15, -0.1) is 11.8 Å². The van der Waals surface area contributed by atoms with E-state index in [4.69, 9.17) is 5.73 Å². The number of nitrogen functional groups attached to an aromatic ring is 1. The zero-order chi connectivity index (χ0) is 13.1. The maximum absolute atomic E-state index is 13.4. The molecule has 5 heteroatoms. The Hall–Kier alpha value is -1.07. The number of benzene rings is 2. The zero-order valence-electron chi connectivity index (χ0n) is 9.29. The Kier molecular flexibility index (Phi) is 4.24. The van der Waals surface area contributed by atoms with Crippen molar-refractivity contribution < 1.29 is 8.78 Å². The van der Waals surface area contributed by atoms with E-state index in [0.717, 1.165) is 9.37 Å². The lowest BCUT2D eigenvalue weighted by atomic mass is 10.2. The lowest BCUT2D eigenvalue weighted by Gasteiger charge is -2.07. The highest BCUT2D eigenvalue weighted by Crippen LogP contribution is 2.31. The van der Waals surface area contributed by atoms with E-state index >= 15 is 0 Å². The van der Waals surface area contributed by atoms with E-state index in [1.807, 2.05) is 12.1 Å². The van der Waals surface area contributed by atoms with Crippen LogP contribution in [0.4, 0.5) is 14.5 Å². The van der Waals surface area contributed by atoms with Crippen LogP contribution in [0.15, 0.2) is 45.8 Å². The maximum atomic E-state index is 13.4. The van der Waals surface area contributed by atoms with Crippen molar-refractivity contribution in [1.82, 2.24) is 0 Å². The Morgan fingerprint density at radius 3 is 2.44 bits per heavy atom. The van der Waals surface area contributed by atoms with Gasteiger partial charge in [0.15, 0.2) is 0 Å². The number of anilines is 1. The SMILES string of the molecule is Nc1ccc(Br)cc1SCc1c(F)cccc1F. The smallest absolute Gasteiger partial charge is 0.130 e. The molecule has 2 rings (SSSR count). The largest absolute Gasteiger partial charge is 0.398 e. The normalized spacial score (nSPS) is 10.6. The molecule has 0 unspecified atom stereocenters. The van der Waals surface area contributed by atoms with Gasteiger partial charge in [-0.05, 0) is 30.3 Å². The minimum Gasteiger partial charge on any atom is -0.398 e. The van der Waals surface area contributed by atoms with Crippen LogP contribution >= 0.6 is 27.7 Å². The summed E-state index contributed by atoms with van der Waals surface area (Å²) in [6.07, 6.45) is 0. The molecule has 0 bridgehead atoms. The first-order valence-electron chi connectivity index (χ1n) is 5.18. The van der Waals surface area contributed by atoms with Crippen molar-refractivity contribution in [3.05, 3.63) is 58.1 Å². The van der Waals surface area contributed by atoms with Crippen LogP contribution in [0.2, 0.25) is 0 Å². The molecule has 0 atom stereocenters. The molecule has 2 N–H and O–H groups in total. The topological polar surface area (TPSA) is 26.0 Å². The van der Waals surface area contributed by atoms with Crippen LogP contribution in [0.25, 0.3) is 0 Å². The second-order valence-corrected chi connectivity index (χ2v) is 5.60. The summed E-state index contributed by atoms with van der Waals surface area (Å²) >= 11 is 4.64. The van der Waals surface area contributed by atoms with E-state index in [0.29, 0.717) is 5.69 Å². The highest BCUT2D eigenvalue weighted by Gasteiger charge is 2.10. The van der Waals surface area contributed by atoms with Crippen LogP contribution in [0, 0.1) is 11.6 Å². The van der Waals surface area contributed by atoms with E-state index < -0.39 is 11.6 Å². The number of thioether (sulfide) groups is 1. The molecule has 0 fully saturated rings. The Morgan fingerprint density at radius 1 is 1.11 bits per heavy atom. The molecule has 94 valence electrons. The molecule has 0 saturated heterocycles. The van der Waals surface area contributed by atoms with E-state index in [-0.39, 0.29) is 11.3 Å². The molecule has 1 nitrogen and oxygen atoms in total. The predicted molar refractivity (Wildman–Crippen MR) is 74.5 cm³/mol. The molecule has 0 radical (unpaired) electrons. The van der Waals surface area contributed by atoms with Crippen molar-refractivity contribution in [2.75, 3.05) is 5.73 Å². The lowest BCUT2D eigenvalue weighted by molar-refractivity contribution is 0.566. The summed E-state index contributed by atoms with van der Waals surface area (Å²) in [5.41, 5.74) is 6.47. The monoisotopic (exact) mass is 329 g/mol. The van der Waals surface area contributed by atoms with Gasteiger partial charge in [-0.2, -0.15) is 0 Å². The van der Waals surface area contributed by atoms with Gasteiger partial charge in [0, 0.05) is 26.4 Å². The molecule has 0 amide bonds. The minimum absolute atomic E-state index is 0.0712. The second-order valence-electron chi connectivity index (χ2n) is 3.67. The van der Waals surface area contributed by atoms with Gasteiger partial charge in [0.25, 0.3) is 0 Å². The molecule has 0 aliphatic rings. The highest BCUT2D eigenvalue weighted by atomic mass is 79.9. The van der Waals surface area contributed by atoms with Crippen LogP contribution in [-0.4, -0.2) is 0 Å². The summed E-state index contributed by atoms with van der Waals surface area (Å²) in [6.45, 7) is 0. The number of hydrogen-bond acceptors (Lipinski definition) is 2. The fourth-order valence-corrected chi connectivity index (χ4v) is 2.99. The molecule has 0 spiro atoms. The molecule has 0 saturated carbocycles. The predicted octanol–water partition coefficient (Wildman–Crippen LogP) is 4.60. The number of nitrogens with two attached hydrogens (primary N) is 1. The molecular weight excluding hydrogens is 320 g/mol. The molecule has 0 aliphatic heterocycles. The van der Waals surface area contributed by atoms with Gasteiger partial charge in [-0.25, -0.2) is 8.78 Å². The molecule has 2 aromatic rings. The highest BCUT2D eigenvalue weighted by molar-refractivity contribution is 9.10. The van der Waals surface area contributed by atoms with Crippen LogP contribution in [-0.2, 0) is 5.75 Å². The third-order valence-corrected chi connectivity index (χ3v) is 4.00. The molecule has 18 heavy (non-hydrogen) atoms. The van der Waals surface area contributed by atoms with E-state index in [1.54, 1.807) is 6.07 Å². The first kappa shape index (κ1) is 13.4. The van der Waals surface area contributed by atoms with E-state index in [1.165, 1.54) is 30.0 Å². The van der Waals surface area contributed by atoms with Crippen molar-refractivity contribution in [1.29, 1.82) is 0 Å². The molecule has 0 heterocycles. The minimum atomic E-state index is -0.531. The zero-order valence-corrected chi connectivity index (χ0v) is 11.7. The van der Waals surface area contributed by atoms with Crippen LogP contribution < -0.4 is 5.73 Å². The van der Waals surface area contributed by atoms with Gasteiger partial charge >= 0.3 is 0 Å². The van der Waals surface area contributed by atoms with Gasteiger partial charge in [0.2, 0.25) is 0 Å². The fourth-order valence-electron chi connectivity index (χ4n) is 1.45. The summed E-state index contributed by atoms with van der Waals surface area (Å²) in [5.74, 6) is -0.855. The van der Waals surface area contributed by atoms with Crippen LogP contribution in [0.1, 0.15) is 5.56 Å². The lowest BCUT2D eigenvalue weighted by Crippen LogP contribution is -1.94. The Labute approximate surface area is 117 Å². The number of hydrogen-bond donors (Lipinski definition) is 1. The van der Waals surface area contributed by atoms with Crippen molar-refractivity contribution in [3.63, 3.8) is 0 Å². The molecular formula is C13H10BrF2NS. The van der Waals surface area contributed by atoms with Gasteiger partial charge in [0.05, 0.1) is 0 Å². The van der Waals surface area contributed by atoms with Gasteiger partial charge in [-0.1, -0.05) is 22.0 Å². The number of rotatable bonds is 3. The van der Waals surface area contributed by atoms with E-state index in [9.17, 15) is 8.78 Å². The van der Waals surface area contributed by atoms with Crippen molar-refractivity contribution in [3.8, 4) is 0 Å². The first-order chi connectivity index (χ1) is 8.58. The van der Waals surface area contributed by atoms with E-state index in [2.05, 4.69) is 15.9 Å². The van der Waals surface area contributed by atoms with Crippen LogP contribution in [0.3, 0.4) is 0 Å². The Morgan fingerprint density at radius 2 is 1.78 bits per heavy atom. The average Bonchev–Trinajstić information content (AvgIpc) is 2.33. The van der Waals surface area contributed by atoms with Gasteiger partial charge < -0.3 is 5.73 Å².